The largest absolute Gasteiger partial charge is 0.352 e. The van der Waals surface area contributed by atoms with E-state index in [1.807, 2.05) is 12.1 Å². The summed E-state index contributed by atoms with van der Waals surface area (Å²) < 4.78 is 26.4. The van der Waals surface area contributed by atoms with Crippen LogP contribution in [0, 0.1) is 5.92 Å². The summed E-state index contributed by atoms with van der Waals surface area (Å²) in [4.78, 5) is 11.9. The second-order valence-electron chi connectivity index (χ2n) is 6.59. The first-order valence-corrected chi connectivity index (χ1v) is 10.0. The Morgan fingerprint density at radius 1 is 1.21 bits per heavy atom. The molecule has 24 heavy (non-hydrogen) atoms. The Morgan fingerprint density at radius 2 is 1.88 bits per heavy atom. The molecule has 1 aliphatic carbocycles. The van der Waals surface area contributed by atoms with E-state index < -0.39 is 10.0 Å². The van der Waals surface area contributed by atoms with Crippen LogP contribution >= 0.6 is 0 Å². The van der Waals surface area contributed by atoms with Gasteiger partial charge in [0.1, 0.15) is 0 Å². The lowest BCUT2D eigenvalue weighted by molar-refractivity contribution is -0.121. The van der Waals surface area contributed by atoms with Gasteiger partial charge in [0.2, 0.25) is 15.9 Å². The number of sulfonamides is 1. The van der Waals surface area contributed by atoms with Crippen LogP contribution in [-0.4, -0.2) is 20.4 Å². The zero-order valence-corrected chi connectivity index (χ0v) is 15.1. The fourth-order valence-electron chi connectivity index (χ4n) is 2.75. The first-order valence-electron chi connectivity index (χ1n) is 8.35. The molecule has 0 saturated heterocycles. The minimum absolute atomic E-state index is 0.0359. The Bertz CT molecular complexity index is 679. The standard InChI is InChI=1S/C18H26N2O3S/c1-14(2)20-24(22,23)13-17-9-7-16(8-10-17)12-19-18(21)11-15-5-3-4-6-15/h3,5,7-10,14-15,20H,4,6,11-13H2,1-2H3,(H,19,21)/t15-/m0/s1. The first kappa shape index (κ1) is 18.7. The maximum atomic E-state index is 11.9. The first-order chi connectivity index (χ1) is 11.3. The van der Waals surface area contributed by atoms with Crippen molar-refractivity contribution in [1.29, 1.82) is 0 Å². The van der Waals surface area contributed by atoms with E-state index in [0.29, 0.717) is 18.9 Å². The number of carbonyl (C=O) groups excluding carboxylic acids is 1. The topological polar surface area (TPSA) is 75.3 Å². The number of amides is 1. The van der Waals surface area contributed by atoms with Crippen molar-refractivity contribution < 1.29 is 13.2 Å². The van der Waals surface area contributed by atoms with Gasteiger partial charge in [-0.15, -0.1) is 0 Å². The number of carbonyl (C=O) groups is 1. The molecule has 0 radical (unpaired) electrons. The minimum Gasteiger partial charge on any atom is -0.352 e. The quantitative estimate of drug-likeness (QED) is 0.707. The lowest BCUT2D eigenvalue weighted by Crippen LogP contribution is -2.31. The van der Waals surface area contributed by atoms with Crippen LogP contribution < -0.4 is 10.0 Å². The minimum atomic E-state index is -3.31. The Labute approximate surface area is 144 Å². The lowest BCUT2D eigenvalue weighted by atomic mass is 10.0. The molecule has 0 spiro atoms. The molecule has 0 fully saturated rings. The Kier molecular flexibility index (Phi) is 6.57. The number of benzene rings is 1. The predicted molar refractivity (Wildman–Crippen MR) is 95.7 cm³/mol. The molecule has 0 heterocycles. The molecule has 132 valence electrons. The van der Waals surface area contributed by atoms with Gasteiger partial charge in [-0.05, 0) is 43.7 Å². The van der Waals surface area contributed by atoms with E-state index in [-0.39, 0.29) is 17.7 Å². The van der Waals surface area contributed by atoms with Gasteiger partial charge in [-0.25, -0.2) is 13.1 Å². The molecular formula is C18H26N2O3S. The summed E-state index contributed by atoms with van der Waals surface area (Å²) in [6, 6.07) is 7.19. The van der Waals surface area contributed by atoms with E-state index in [4.69, 9.17) is 0 Å². The van der Waals surface area contributed by atoms with Gasteiger partial charge in [-0.1, -0.05) is 36.4 Å². The zero-order chi connectivity index (χ0) is 17.6. The second-order valence-corrected chi connectivity index (χ2v) is 8.35. The van der Waals surface area contributed by atoms with Crippen molar-refractivity contribution in [2.75, 3.05) is 0 Å². The van der Waals surface area contributed by atoms with Crippen LogP contribution in [0.1, 0.15) is 44.2 Å². The number of hydrogen-bond donors (Lipinski definition) is 2. The Morgan fingerprint density at radius 3 is 2.46 bits per heavy atom. The van der Waals surface area contributed by atoms with Crippen LogP contribution in [0.3, 0.4) is 0 Å². The number of allylic oxidation sites excluding steroid dienone is 2. The predicted octanol–water partition coefficient (Wildman–Crippen LogP) is 2.49. The molecule has 2 rings (SSSR count). The SMILES string of the molecule is CC(C)NS(=O)(=O)Cc1ccc(CNC(=O)C[C@H]2C=CCC2)cc1. The van der Waals surface area contributed by atoms with Crippen molar-refractivity contribution >= 4 is 15.9 Å². The molecule has 1 aromatic rings. The molecule has 0 aromatic heterocycles. The third-order valence-electron chi connectivity index (χ3n) is 3.84. The van der Waals surface area contributed by atoms with Gasteiger partial charge in [0.05, 0.1) is 5.75 Å². The van der Waals surface area contributed by atoms with Gasteiger partial charge in [-0.2, -0.15) is 0 Å². The Balaban J connectivity index is 1.81. The summed E-state index contributed by atoms with van der Waals surface area (Å²) in [6.45, 7) is 4.06. The van der Waals surface area contributed by atoms with Crippen LogP contribution in [-0.2, 0) is 27.1 Å². The normalized spacial score (nSPS) is 17.4. The molecule has 1 aliphatic rings. The fraction of sp³-hybridized carbons (Fsp3) is 0.500. The summed E-state index contributed by atoms with van der Waals surface area (Å²) >= 11 is 0. The van der Waals surface area contributed by atoms with Gasteiger partial charge >= 0.3 is 0 Å². The van der Waals surface area contributed by atoms with E-state index in [2.05, 4.69) is 22.2 Å². The second kappa shape index (κ2) is 8.44. The third-order valence-corrected chi connectivity index (χ3v) is 5.39. The summed E-state index contributed by atoms with van der Waals surface area (Å²) in [6.07, 6.45) is 6.89. The highest BCUT2D eigenvalue weighted by Crippen LogP contribution is 2.20. The zero-order valence-electron chi connectivity index (χ0n) is 14.3. The van der Waals surface area contributed by atoms with Crippen molar-refractivity contribution in [1.82, 2.24) is 10.0 Å². The van der Waals surface area contributed by atoms with E-state index >= 15 is 0 Å². The van der Waals surface area contributed by atoms with Crippen molar-refractivity contribution in [2.45, 2.75) is 51.4 Å². The number of rotatable bonds is 8. The highest BCUT2D eigenvalue weighted by Gasteiger charge is 2.14. The van der Waals surface area contributed by atoms with Gasteiger partial charge in [0.25, 0.3) is 0 Å². The summed E-state index contributed by atoms with van der Waals surface area (Å²) in [7, 11) is -3.31. The van der Waals surface area contributed by atoms with E-state index in [1.54, 1.807) is 26.0 Å². The molecule has 1 amide bonds. The van der Waals surface area contributed by atoms with E-state index in [1.165, 1.54) is 0 Å². The maximum Gasteiger partial charge on any atom is 0.220 e. The molecular weight excluding hydrogens is 324 g/mol. The molecule has 6 heteroatoms. The van der Waals surface area contributed by atoms with Crippen LogP contribution in [0.25, 0.3) is 0 Å². The average molecular weight is 350 g/mol. The smallest absolute Gasteiger partial charge is 0.220 e. The van der Waals surface area contributed by atoms with Gasteiger partial charge in [0, 0.05) is 19.0 Å². The van der Waals surface area contributed by atoms with Crippen LogP contribution in [0.5, 0.6) is 0 Å². The van der Waals surface area contributed by atoms with E-state index in [9.17, 15) is 13.2 Å². The summed E-state index contributed by atoms with van der Waals surface area (Å²) in [5.74, 6) is 0.386. The van der Waals surface area contributed by atoms with Gasteiger partial charge in [-0.3, -0.25) is 4.79 Å². The van der Waals surface area contributed by atoms with Crippen molar-refractivity contribution in [3.05, 3.63) is 47.5 Å². The van der Waals surface area contributed by atoms with Crippen molar-refractivity contribution in [3.63, 3.8) is 0 Å². The summed E-state index contributed by atoms with van der Waals surface area (Å²) in [5, 5.41) is 2.92. The summed E-state index contributed by atoms with van der Waals surface area (Å²) in [5.41, 5.74) is 1.69. The number of hydrogen-bond acceptors (Lipinski definition) is 3. The van der Waals surface area contributed by atoms with Crippen molar-refractivity contribution in [2.24, 2.45) is 5.92 Å². The molecule has 0 aliphatic heterocycles. The highest BCUT2D eigenvalue weighted by atomic mass is 32.2. The average Bonchev–Trinajstić information content (AvgIpc) is 2.97. The van der Waals surface area contributed by atoms with Crippen molar-refractivity contribution in [3.8, 4) is 0 Å². The number of nitrogens with one attached hydrogen (secondary N) is 2. The van der Waals surface area contributed by atoms with Crippen LogP contribution in [0.4, 0.5) is 0 Å². The molecule has 1 atom stereocenters. The maximum absolute atomic E-state index is 11.9. The molecule has 1 aromatic carbocycles. The molecule has 0 saturated carbocycles. The monoisotopic (exact) mass is 350 g/mol. The van der Waals surface area contributed by atoms with Gasteiger partial charge in [0.15, 0.2) is 0 Å². The van der Waals surface area contributed by atoms with Crippen LogP contribution in [0.15, 0.2) is 36.4 Å². The van der Waals surface area contributed by atoms with E-state index in [0.717, 1.165) is 24.0 Å². The molecule has 0 bridgehead atoms. The van der Waals surface area contributed by atoms with Crippen LogP contribution in [0.2, 0.25) is 0 Å². The third kappa shape index (κ3) is 6.45. The Hall–Kier alpha value is -1.66. The fourth-order valence-corrected chi connectivity index (χ4v) is 4.18. The molecule has 2 N–H and O–H groups in total. The highest BCUT2D eigenvalue weighted by molar-refractivity contribution is 7.88. The lowest BCUT2D eigenvalue weighted by Gasteiger charge is -2.11. The van der Waals surface area contributed by atoms with Gasteiger partial charge < -0.3 is 5.32 Å². The molecule has 0 unspecified atom stereocenters. The molecule has 5 nitrogen and oxygen atoms in total.